The van der Waals surface area contributed by atoms with Crippen molar-refractivity contribution in [2.24, 2.45) is 0 Å². The fraction of sp³-hybridized carbons (Fsp3) is 0.391. The molecule has 4 aromatic rings. The molecule has 3 aromatic heterocycles. The molecule has 144 valence electrons. The van der Waals surface area contributed by atoms with E-state index in [0.717, 1.165) is 22.4 Å². The summed E-state index contributed by atoms with van der Waals surface area (Å²) >= 11 is 1.89. The Bertz CT molecular complexity index is 1100. The Labute approximate surface area is 169 Å². The molecule has 28 heavy (non-hydrogen) atoms. The minimum Gasteiger partial charge on any atom is -0.345 e. The van der Waals surface area contributed by atoms with Gasteiger partial charge in [-0.3, -0.25) is 4.40 Å². The van der Waals surface area contributed by atoms with Gasteiger partial charge in [0.25, 0.3) is 0 Å². The van der Waals surface area contributed by atoms with Crippen molar-refractivity contribution in [3.05, 3.63) is 48.5 Å². The van der Waals surface area contributed by atoms with E-state index in [1.807, 2.05) is 24.2 Å². The van der Waals surface area contributed by atoms with Gasteiger partial charge >= 0.3 is 0 Å². The SMILES string of the molecule is CC(C)Sc1ccc(-c2nc(C3CCCCC3)n3c2cnc2[nH]ccc23)cc1. The van der Waals surface area contributed by atoms with Crippen LogP contribution in [0, 0.1) is 0 Å². The Balaban J connectivity index is 1.66. The highest BCUT2D eigenvalue weighted by Crippen LogP contribution is 2.37. The van der Waals surface area contributed by atoms with Crippen molar-refractivity contribution in [2.75, 3.05) is 0 Å². The van der Waals surface area contributed by atoms with Crippen LogP contribution in [0.2, 0.25) is 0 Å². The van der Waals surface area contributed by atoms with E-state index in [4.69, 9.17) is 4.98 Å². The Morgan fingerprint density at radius 3 is 2.57 bits per heavy atom. The molecule has 0 bridgehead atoms. The van der Waals surface area contributed by atoms with Gasteiger partial charge in [0.1, 0.15) is 5.82 Å². The number of aromatic amines is 1. The van der Waals surface area contributed by atoms with E-state index < -0.39 is 0 Å². The number of rotatable bonds is 4. The van der Waals surface area contributed by atoms with E-state index >= 15 is 0 Å². The number of aromatic nitrogens is 4. The summed E-state index contributed by atoms with van der Waals surface area (Å²) in [5.74, 6) is 1.74. The van der Waals surface area contributed by atoms with Crippen LogP contribution in [0.25, 0.3) is 27.9 Å². The molecule has 4 nitrogen and oxygen atoms in total. The van der Waals surface area contributed by atoms with Gasteiger partial charge in [-0.2, -0.15) is 0 Å². The van der Waals surface area contributed by atoms with Gasteiger partial charge in [0.2, 0.25) is 0 Å². The van der Waals surface area contributed by atoms with Crippen LogP contribution in [0.3, 0.4) is 0 Å². The molecule has 0 unspecified atom stereocenters. The highest BCUT2D eigenvalue weighted by molar-refractivity contribution is 7.99. The van der Waals surface area contributed by atoms with Crippen LogP contribution in [0.15, 0.2) is 47.6 Å². The number of thioether (sulfide) groups is 1. The largest absolute Gasteiger partial charge is 0.345 e. The van der Waals surface area contributed by atoms with Gasteiger partial charge in [0, 0.05) is 27.8 Å². The Hall–Kier alpha value is -2.27. The standard InChI is InChI=1S/C23H26N4S/c1-15(2)28-18-10-8-16(9-11-18)21-20-14-25-22-19(12-13-24-22)27(20)23(26-21)17-6-4-3-5-7-17/h8-15,17,24H,3-7H2,1-2H3. The maximum Gasteiger partial charge on any atom is 0.154 e. The summed E-state index contributed by atoms with van der Waals surface area (Å²) in [4.78, 5) is 14.4. The molecule has 5 heteroatoms. The maximum absolute atomic E-state index is 5.21. The number of hydrogen-bond donors (Lipinski definition) is 1. The monoisotopic (exact) mass is 390 g/mol. The van der Waals surface area contributed by atoms with Crippen molar-refractivity contribution in [3.63, 3.8) is 0 Å². The van der Waals surface area contributed by atoms with Crippen LogP contribution in [-0.2, 0) is 0 Å². The van der Waals surface area contributed by atoms with E-state index in [-0.39, 0.29) is 0 Å². The average Bonchev–Trinajstić information content (AvgIpc) is 3.33. The molecule has 1 aromatic carbocycles. The number of fused-ring (bicyclic) bond motifs is 3. The predicted octanol–water partition coefficient (Wildman–Crippen LogP) is 6.43. The van der Waals surface area contributed by atoms with Gasteiger partial charge in [-0.15, -0.1) is 11.8 Å². The van der Waals surface area contributed by atoms with E-state index in [9.17, 15) is 0 Å². The van der Waals surface area contributed by atoms with E-state index in [0.29, 0.717) is 11.2 Å². The van der Waals surface area contributed by atoms with Crippen LogP contribution in [0.4, 0.5) is 0 Å². The zero-order valence-corrected chi connectivity index (χ0v) is 17.3. The molecule has 0 amide bonds. The van der Waals surface area contributed by atoms with Gasteiger partial charge in [-0.1, -0.05) is 45.2 Å². The van der Waals surface area contributed by atoms with Crippen molar-refractivity contribution in [2.45, 2.75) is 62.0 Å². The van der Waals surface area contributed by atoms with Gasteiger partial charge in [0.05, 0.1) is 22.9 Å². The number of imidazole rings is 1. The van der Waals surface area contributed by atoms with Gasteiger partial charge in [-0.25, -0.2) is 9.97 Å². The van der Waals surface area contributed by atoms with E-state index in [1.54, 1.807) is 0 Å². The Morgan fingerprint density at radius 2 is 1.82 bits per heavy atom. The predicted molar refractivity (Wildman–Crippen MR) is 117 cm³/mol. The van der Waals surface area contributed by atoms with Crippen molar-refractivity contribution < 1.29 is 0 Å². The van der Waals surface area contributed by atoms with Crippen LogP contribution in [0.5, 0.6) is 0 Å². The molecule has 1 N–H and O–H groups in total. The summed E-state index contributed by atoms with van der Waals surface area (Å²) in [5.41, 5.74) is 5.39. The first-order valence-electron chi connectivity index (χ1n) is 10.3. The minimum atomic E-state index is 0.534. The number of hydrogen-bond acceptors (Lipinski definition) is 3. The Kier molecular flexibility index (Phi) is 4.63. The average molecular weight is 391 g/mol. The van der Waals surface area contributed by atoms with Crippen molar-refractivity contribution in [1.29, 1.82) is 0 Å². The molecule has 0 aliphatic heterocycles. The Morgan fingerprint density at radius 1 is 1.04 bits per heavy atom. The first-order chi connectivity index (χ1) is 13.7. The number of benzene rings is 1. The molecule has 1 aliphatic rings. The van der Waals surface area contributed by atoms with Gasteiger partial charge in [0.15, 0.2) is 5.65 Å². The van der Waals surface area contributed by atoms with E-state index in [2.05, 4.69) is 58.5 Å². The molecular weight excluding hydrogens is 364 g/mol. The first kappa shape index (κ1) is 17.8. The number of nitrogens with zero attached hydrogens (tertiary/aromatic N) is 3. The zero-order valence-electron chi connectivity index (χ0n) is 16.5. The molecule has 0 atom stereocenters. The molecule has 1 saturated carbocycles. The summed E-state index contributed by atoms with van der Waals surface area (Å²) < 4.78 is 2.35. The molecular formula is C23H26N4S. The molecule has 0 radical (unpaired) electrons. The fourth-order valence-corrected chi connectivity index (χ4v) is 5.23. The second kappa shape index (κ2) is 7.28. The van der Waals surface area contributed by atoms with Crippen LogP contribution < -0.4 is 0 Å². The van der Waals surface area contributed by atoms with Crippen LogP contribution in [-0.4, -0.2) is 24.6 Å². The first-order valence-corrected chi connectivity index (χ1v) is 11.2. The molecule has 1 fully saturated rings. The molecule has 1 aliphatic carbocycles. The highest BCUT2D eigenvalue weighted by Gasteiger charge is 2.24. The lowest BCUT2D eigenvalue weighted by molar-refractivity contribution is 0.429. The topological polar surface area (TPSA) is 46.0 Å². The zero-order chi connectivity index (χ0) is 19.1. The highest BCUT2D eigenvalue weighted by atomic mass is 32.2. The lowest BCUT2D eigenvalue weighted by Crippen LogP contribution is -2.09. The smallest absolute Gasteiger partial charge is 0.154 e. The summed E-state index contributed by atoms with van der Waals surface area (Å²) in [6.45, 7) is 4.46. The molecule has 5 rings (SSSR count). The summed E-state index contributed by atoms with van der Waals surface area (Å²) in [5, 5.41) is 0.586. The fourth-order valence-electron chi connectivity index (χ4n) is 4.40. The summed E-state index contributed by atoms with van der Waals surface area (Å²) in [7, 11) is 0. The second-order valence-electron chi connectivity index (χ2n) is 8.03. The lowest BCUT2D eigenvalue weighted by Gasteiger charge is -2.20. The van der Waals surface area contributed by atoms with E-state index in [1.165, 1.54) is 48.4 Å². The van der Waals surface area contributed by atoms with Crippen molar-refractivity contribution in [1.82, 2.24) is 19.4 Å². The van der Waals surface area contributed by atoms with Crippen LogP contribution in [0.1, 0.15) is 57.7 Å². The lowest BCUT2D eigenvalue weighted by atomic mass is 9.89. The second-order valence-corrected chi connectivity index (χ2v) is 9.68. The number of H-pyrrole nitrogens is 1. The third-order valence-electron chi connectivity index (χ3n) is 5.67. The quantitative estimate of drug-likeness (QED) is 0.409. The van der Waals surface area contributed by atoms with Crippen molar-refractivity contribution >= 4 is 28.4 Å². The number of nitrogens with one attached hydrogen (secondary N) is 1. The molecule has 0 saturated heterocycles. The normalized spacial score (nSPS) is 15.8. The third kappa shape index (κ3) is 3.12. The third-order valence-corrected chi connectivity index (χ3v) is 6.69. The molecule has 3 heterocycles. The summed E-state index contributed by atoms with van der Waals surface area (Å²) in [6, 6.07) is 11.0. The van der Waals surface area contributed by atoms with Gasteiger partial charge < -0.3 is 4.98 Å². The van der Waals surface area contributed by atoms with Gasteiger partial charge in [-0.05, 0) is 31.0 Å². The maximum atomic E-state index is 5.21. The van der Waals surface area contributed by atoms with Crippen molar-refractivity contribution in [3.8, 4) is 11.3 Å². The summed E-state index contributed by atoms with van der Waals surface area (Å²) in [6.07, 6.45) is 10.4. The van der Waals surface area contributed by atoms with Crippen LogP contribution >= 0.6 is 11.8 Å². The minimum absolute atomic E-state index is 0.534. The molecule has 0 spiro atoms.